The van der Waals surface area contributed by atoms with E-state index in [1.54, 1.807) is 41.2 Å². The zero-order chi connectivity index (χ0) is 27.4. The molecule has 1 N–H and O–H groups in total. The number of amides is 1. The van der Waals surface area contributed by atoms with Gasteiger partial charge in [-0.25, -0.2) is 9.07 Å². The van der Waals surface area contributed by atoms with E-state index in [1.807, 2.05) is 30.3 Å². The molecule has 1 amide bonds. The lowest BCUT2D eigenvalue weighted by Gasteiger charge is -2.29. The Morgan fingerprint density at radius 2 is 1.82 bits per heavy atom. The van der Waals surface area contributed by atoms with E-state index in [-0.39, 0.29) is 25.5 Å². The number of halogens is 4. The van der Waals surface area contributed by atoms with Crippen molar-refractivity contribution in [3.8, 4) is 11.4 Å². The Balaban J connectivity index is 1.46. The number of ether oxygens (including phenoxy) is 3. The maximum absolute atomic E-state index is 13.4. The molecule has 3 aromatic carbocycles. The molecular weight excluding hydrogens is 518 g/mol. The Bertz CT molecular complexity index is 1470. The minimum absolute atomic E-state index is 0.0613. The number of hydrogen-bond donors (Lipinski definition) is 1. The van der Waals surface area contributed by atoms with Crippen LogP contribution in [0.2, 0.25) is 0 Å². The molecule has 2 unspecified atom stereocenters. The molecule has 2 atom stereocenters. The summed E-state index contributed by atoms with van der Waals surface area (Å²) in [6.45, 7) is -0.0613. The van der Waals surface area contributed by atoms with Crippen LogP contribution in [0.4, 0.5) is 17.6 Å². The molecule has 1 aliphatic heterocycles. The predicted octanol–water partition coefficient (Wildman–Crippen LogP) is 5.44. The third-order valence-corrected chi connectivity index (χ3v) is 6.15. The number of nitrogens with one attached hydrogen (secondary N) is 1. The summed E-state index contributed by atoms with van der Waals surface area (Å²) < 4.78 is 71.3. The molecule has 7 nitrogen and oxygen atoms in total. The van der Waals surface area contributed by atoms with Crippen LogP contribution in [0.5, 0.6) is 5.75 Å². The number of aromatic nitrogens is 2. The summed E-state index contributed by atoms with van der Waals surface area (Å²) in [5.74, 6) is -1.79. The smallest absolute Gasteiger partial charge is 0.471 e. The zero-order valence-electron chi connectivity index (χ0n) is 20.4. The summed E-state index contributed by atoms with van der Waals surface area (Å²) in [5.41, 5.74) is 2.18. The number of rotatable bonds is 9. The van der Waals surface area contributed by atoms with Gasteiger partial charge < -0.3 is 19.5 Å². The molecule has 1 aliphatic rings. The first-order valence-electron chi connectivity index (χ1n) is 12.0. The number of benzene rings is 3. The van der Waals surface area contributed by atoms with Crippen molar-refractivity contribution < 1.29 is 36.6 Å². The van der Waals surface area contributed by atoms with Gasteiger partial charge in [0.15, 0.2) is 0 Å². The molecule has 2 heterocycles. The van der Waals surface area contributed by atoms with Gasteiger partial charge in [0.2, 0.25) is 6.79 Å². The van der Waals surface area contributed by atoms with E-state index in [4.69, 9.17) is 14.2 Å². The van der Waals surface area contributed by atoms with E-state index in [9.17, 15) is 22.4 Å². The molecule has 0 radical (unpaired) electrons. The Morgan fingerprint density at radius 3 is 2.51 bits per heavy atom. The maximum Gasteiger partial charge on any atom is 0.471 e. The average molecular weight is 542 g/mol. The highest BCUT2D eigenvalue weighted by molar-refractivity contribution is 5.82. The van der Waals surface area contributed by atoms with Gasteiger partial charge in [0, 0.05) is 18.2 Å². The average Bonchev–Trinajstić information content (AvgIpc) is 3.58. The lowest BCUT2D eigenvalue weighted by Crippen LogP contribution is -2.51. The van der Waals surface area contributed by atoms with E-state index in [0.717, 1.165) is 11.1 Å². The lowest BCUT2D eigenvalue weighted by atomic mass is 9.98. The molecule has 202 valence electrons. The van der Waals surface area contributed by atoms with Crippen LogP contribution in [-0.4, -0.2) is 40.8 Å². The van der Waals surface area contributed by atoms with Crippen LogP contribution in [0, 0.1) is 5.82 Å². The molecule has 39 heavy (non-hydrogen) atoms. The van der Waals surface area contributed by atoms with Gasteiger partial charge in [-0.05, 0) is 48.0 Å². The van der Waals surface area contributed by atoms with Crippen molar-refractivity contribution >= 4 is 16.8 Å². The van der Waals surface area contributed by atoms with Crippen molar-refractivity contribution in [2.75, 3.05) is 6.79 Å². The van der Waals surface area contributed by atoms with Crippen LogP contribution in [0.3, 0.4) is 0 Å². The predicted molar refractivity (Wildman–Crippen MR) is 133 cm³/mol. The first-order chi connectivity index (χ1) is 18.8. The number of hydrogen-bond acceptors (Lipinski definition) is 5. The number of alkyl halides is 3. The van der Waals surface area contributed by atoms with E-state index >= 15 is 0 Å². The van der Waals surface area contributed by atoms with Gasteiger partial charge in [0.05, 0.1) is 23.4 Å². The highest BCUT2D eigenvalue weighted by Crippen LogP contribution is 2.27. The fourth-order valence-electron chi connectivity index (χ4n) is 4.28. The van der Waals surface area contributed by atoms with Gasteiger partial charge in [-0.15, -0.1) is 0 Å². The van der Waals surface area contributed by atoms with Gasteiger partial charge >= 0.3 is 12.1 Å². The van der Waals surface area contributed by atoms with Crippen molar-refractivity contribution in [3.05, 3.63) is 102 Å². The molecule has 0 spiro atoms. The summed E-state index contributed by atoms with van der Waals surface area (Å²) in [6.07, 6.45) is -2.95. The van der Waals surface area contributed by atoms with E-state index in [0.29, 0.717) is 22.6 Å². The Morgan fingerprint density at radius 1 is 1.05 bits per heavy atom. The second-order valence-electron chi connectivity index (χ2n) is 8.89. The molecule has 0 fully saturated rings. The van der Waals surface area contributed by atoms with Crippen molar-refractivity contribution in [1.29, 1.82) is 0 Å². The quantitative estimate of drug-likeness (QED) is 0.286. The fourth-order valence-corrected chi connectivity index (χ4v) is 4.28. The van der Waals surface area contributed by atoms with Crippen molar-refractivity contribution in [1.82, 2.24) is 15.1 Å². The first-order valence-corrected chi connectivity index (χ1v) is 12.0. The van der Waals surface area contributed by atoms with Crippen LogP contribution in [0.15, 0.2) is 91.0 Å². The largest absolute Gasteiger partial charge is 0.488 e. The third-order valence-electron chi connectivity index (χ3n) is 6.15. The molecule has 0 bridgehead atoms. The van der Waals surface area contributed by atoms with Gasteiger partial charge in [-0.1, -0.05) is 30.3 Å². The SMILES string of the molecule is O=C(NC(CC1=COCO1)C(Cc1ccccc1)Oc1ccc2c(cnn2-c2ccc(F)cc2)c1)C(F)(F)F. The Labute approximate surface area is 220 Å². The molecule has 5 rings (SSSR count). The van der Waals surface area contributed by atoms with Crippen LogP contribution in [-0.2, 0) is 20.7 Å². The number of carbonyl (C=O) groups is 1. The molecule has 0 saturated carbocycles. The van der Waals surface area contributed by atoms with Crippen molar-refractivity contribution in [3.63, 3.8) is 0 Å². The van der Waals surface area contributed by atoms with E-state index < -0.39 is 24.2 Å². The topological polar surface area (TPSA) is 74.6 Å². The second kappa shape index (κ2) is 11.1. The van der Waals surface area contributed by atoms with Crippen LogP contribution in [0.25, 0.3) is 16.6 Å². The molecular formula is C28H23F4N3O4. The fraction of sp³-hybridized carbons (Fsp3) is 0.214. The van der Waals surface area contributed by atoms with Gasteiger partial charge in [-0.3, -0.25) is 4.79 Å². The van der Waals surface area contributed by atoms with Gasteiger partial charge in [0.25, 0.3) is 0 Å². The van der Waals surface area contributed by atoms with Crippen molar-refractivity contribution in [2.24, 2.45) is 0 Å². The first kappa shape index (κ1) is 26.1. The lowest BCUT2D eigenvalue weighted by molar-refractivity contribution is -0.175. The highest BCUT2D eigenvalue weighted by atomic mass is 19.4. The third kappa shape index (κ3) is 6.31. The molecule has 0 saturated heterocycles. The van der Waals surface area contributed by atoms with E-state index in [1.165, 1.54) is 18.4 Å². The molecule has 0 aliphatic carbocycles. The Hall–Kier alpha value is -4.54. The summed E-state index contributed by atoms with van der Waals surface area (Å²) in [7, 11) is 0. The summed E-state index contributed by atoms with van der Waals surface area (Å²) in [4.78, 5) is 12.0. The molecule has 1 aromatic heterocycles. The van der Waals surface area contributed by atoms with Crippen LogP contribution < -0.4 is 10.1 Å². The van der Waals surface area contributed by atoms with Crippen LogP contribution in [0.1, 0.15) is 12.0 Å². The molecule has 11 heteroatoms. The summed E-state index contributed by atoms with van der Waals surface area (Å²) in [6, 6.07) is 19.0. The zero-order valence-corrected chi connectivity index (χ0v) is 20.4. The normalized spacial score (nSPS) is 14.7. The number of nitrogens with zero attached hydrogens (tertiary/aromatic N) is 2. The van der Waals surface area contributed by atoms with Gasteiger partial charge in [-0.2, -0.15) is 18.3 Å². The van der Waals surface area contributed by atoms with Crippen molar-refractivity contribution in [2.45, 2.75) is 31.2 Å². The van der Waals surface area contributed by atoms with E-state index in [2.05, 4.69) is 10.4 Å². The van der Waals surface area contributed by atoms with Crippen LogP contribution >= 0.6 is 0 Å². The number of fused-ring (bicyclic) bond motifs is 1. The number of carbonyl (C=O) groups excluding carboxylic acids is 1. The summed E-state index contributed by atoms with van der Waals surface area (Å²) in [5, 5.41) is 7.15. The maximum atomic E-state index is 13.4. The van der Waals surface area contributed by atoms with Gasteiger partial charge in [0.1, 0.15) is 29.7 Å². The summed E-state index contributed by atoms with van der Waals surface area (Å²) >= 11 is 0. The minimum Gasteiger partial charge on any atom is -0.488 e. The minimum atomic E-state index is -5.08. The highest BCUT2D eigenvalue weighted by Gasteiger charge is 2.41. The monoisotopic (exact) mass is 541 g/mol. The Kier molecular flexibility index (Phi) is 7.40. The molecule has 4 aromatic rings. The standard InChI is InChI=1S/C28H23F4N3O4/c29-20-6-8-21(9-7-20)35-25-11-10-22(13-19(25)15-33-35)39-26(12-18-4-2-1-3-5-18)24(14-23-16-37-17-38-23)34-27(36)28(30,31)32/h1-11,13,15-16,24,26H,12,14,17H2,(H,34,36). The second-order valence-corrected chi connectivity index (χ2v) is 8.89.